The van der Waals surface area contributed by atoms with Gasteiger partial charge in [0, 0.05) is 38.2 Å². The Labute approximate surface area is 125 Å². The molecule has 3 rings (SSSR count). The molecule has 0 aromatic carbocycles. The highest BCUT2D eigenvalue weighted by Gasteiger charge is 2.34. The summed E-state index contributed by atoms with van der Waals surface area (Å²) in [6, 6.07) is 0.288. The fourth-order valence-corrected chi connectivity index (χ4v) is 3.43. The van der Waals surface area contributed by atoms with Gasteiger partial charge in [0.25, 0.3) is 5.91 Å². The minimum absolute atomic E-state index is 0.0998. The quantitative estimate of drug-likeness (QED) is 0.754. The van der Waals surface area contributed by atoms with E-state index in [0.29, 0.717) is 12.5 Å². The molecule has 2 aliphatic rings. The number of nitrogens with zero attached hydrogens (tertiary/aromatic N) is 4. The van der Waals surface area contributed by atoms with Crippen LogP contribution in [0.4, 0.5) is 0 Å². The van der Waals surface area contributed by atoms with Crippen LogP contribution in [-0.2, 0) is 11.8 Å². The van der Waals surface area contributed by atoms with E-state index < -0.39 is 0 Å². The maximum Gasteiger partial charge on any atom is 0.272 e. The fourth-order valence-electron chi connectivity index (χ4n) is 3.43. The van der Waals surface area contributed by atoms with Crippen LogP contribution in [0.25, 0.3) is 0 Å². The van der Waals surface area contributed by atoms with Crippen molar-refractivity contribution in [1.82, 2.24) is 19.6 Å². The Kier molecular flexibility index (Phi) is 3.75. The maximum atomic E-state index is 13.0. The van der Waals surface area contributed by atoms with Crippen molar-refractivity contribution in [3.63, 3.8) is 0 Å². The van der Waals surface area contributed by atoms with Gasteiger partial charge in [-0.05, 0) is 20.9 Å². The summed E-state index contributed by atoms with van der Waals surface area (Å²) >= 11 is 0. The molecule has 21 heavy (non-hydrogen) atoms. The summed E-state index contributed by atoms with van der Waals surface area (Å²) in [4.78, 5) is 17.3. The van der Waals surface area contributed by atoms with E-state index in [4.69, 9.17) is 4.74 Å². The second-order valence-electron chi connectivity index (χ2n) is 6.39. The molecule has 2 atom stereocenters. The molecule has 0 N–H and O–H groups in total. The molecule has 1 aromatic rings. The lowest BCUT2D eigenvalue weighted by atomic mass is 10.1. The third-order valence-electron chi connectivity index (χ3n) is 4.75. The van der Waals surface area contributed by atoms with Gasteiger partial charge >= 0.3 is 0 Å². The van der Waals surface area contributed by atoms with Crippen molar-refractivity contribution >= 4 is 5.91 Å². The number of ether oxygens (including phenoxy) is 1. The van der Waals surface area contributed by atoms with E-state index in [9.17, 15) is 4.79 Å². The van der Waals surface area contributed by atoms with Crippen LogP contribution in [0.1, 0.15) is 21.7 Å². The number of carbonyl (C=O) groups excluding carboxylic acids is 1. The average Bonchev–Trinajstić information content (AvgIpc) is 2.56. The first-order valence-corrected chi connectivity index (χ1v) is 7.54. The first-order valence-electron chi connectivity index (χ1n) is 7.54. The van der Waals surface area contributed by atoms with Crippen molar-refractivity contribution in [1.29, 1.82) is 0 Å². The third-order valence-corrected chi connectivity index (χ3v) is 4.75. The maximum absolute atomic E-state index is 13.0. The SMILES string of the molecule is Cc1nn(C)c(C(=O)N2C[C@@H]3COC[C@H](C2)N(C)C3)c1C. The van der Waals surface area contributed by atoms with Crippen molar-refractivity contribution in [3.8, 4) is 0 Å². The number of amides is 1. The Bertz CT molecular complexity index is 554. The molecule has 6 nitrogen and oxygen atoms in total. The zero-order valence-electron chi connectivity index (χ0n) is 13.3. The molecule has 0 saturated carbocycles. The molecule has 0 spiro atoms. The van der Waals surface area contributed by atoms with Crippen LogP contribution in [-0.4, -0.2) is 71.4 Å². The van der Waals surface area contributed by atoms with Crippen LogP contribution in [0.15, 0.2) is 0 Å². The summed E-state index contributed by atoms with van der Waals surface area (Å²) in [5.41, 5.74) is 2.63. The van der Waals surface area contributed by atoms with Gasteiger partial charge in [0.15, 0.2) is 0 Å². The lowest BCUT2D eigenvalue weighted by Gasteiger charge is -2.29. The second-order valence-corrected chi connectivity index (χ2v) is 6.39. The molecule has 2 bridgehead atoms. The van der Waals surface area contributed by atoms with Gasteiger partial charge < -0.3 is 9.64 Å². The summed E-state index contributed by atoms with van der Waals surface area (Å²) in [6.07, 6.45) is 0. The first kappa shape index (κ1) is 14.5. The molecule has 0 radical (unpaired) electrons. The van der Waals surface area contributed by atoms with Crippen molar-refractivity contribution in [2.24, 2.45) is 13.0 Å². The summed E-state index contributed by atoms with van der Waals surface area (Å²) in [7, 11) is 3.97. The number of likely N-dealkylation sites (N-methyl/N-ethyl adjacent to an activating group) is 1. The Morgan fingerprint density at radius 1 is 1.19 bits per heavy atom. The molecular weight excluding hydrogens is 268 g/mol. The minimum Gasteiger partial charge on any atom is -0.379 e. The lowest BCUT2D eigenvalue weighted by Crippen LogP contribution is -2.45. The Morgan fingerprint density at radius 2 is 1.95 bits per heavy atom. The Morgan fingerprint density at radius 3 is 2.62 bits per heavy atom. The summed E-state index contributed by atoms with van der Waals surface area (Å²) in [5, 5.41) is 4.37. The molecule has 0 aliphatic carbocycles. The normalized spacial score (nSPS) is 26.8. The van der Waals surface area contributed by atoms with Crippen molar-refractivity contribution in [3.05, 3.63) is 17.0 Å². The minimum atomic E-state index is 0.0998. The second kappa shape index (κ2) is 5.42. The van der Waals surface area contributed by atoms with Gasteiger partial charge in [-0.2, -0.15) is 5.10 Å². The van der Waals surface area contributed by atoms with E-state index in [1.165, 1.54) is 0 Å². The van der Waals surface area contributed by atoms with Gasteiger partial charge in [-0.15, -0.1) is 0 Å². The van der Waals surface area contributed by atoms with Gasteiger partial charge in [-0.3, -0.25) is 14.4 Å². The molecule has 0 unspecified atom stereocenters. The lowest BCUT2D eigenvalue weighted by molar-refractivity contribution is 0.0426. The predicted octanol–water partition coefficient (Wildman–Crippen LogP) is 0.440. The van der Waals surface area contributed by atoms with Crippen LogP contribution >= 0.6 is 0 Å². The molecule has 2 saturated heterocycles. The van der Waals surface area contributed by atoms with Crippen LogP contribution in [0.5, 0.6) is 0 Å². The van der Waals surface area contributed by atoms with Crippen LogP contribution in [0.2, 0.25) is 0 Å². The monoisotopic (exact) mass is 292 g/mol. The van der Waals surface area contributed by atoms with E-state index in [-0.39, 0.29) is 11.9 Å². The van der Waals surface area contributed by atoms with Crippen molar-refractivity contribution in [2.75, 3.05) is 39.9 Å². The number of fused-ring (bicyclic) bond motifs is 3. The van der Waals surface area contributed by atoms with Crippen LogP contribution in [0, 0.1) is 19.8 Å². The summed E-state index contributed by atoms with van der Waals surface area (Å²) < 4.78 is 7.44. The van der Waals surface area contributed by atoms with E-state index >= 15 is 0 Å². The van der Waals surface area contributed by atoms with E-state index in [1.807, 2.05) is 25.8 Å². The molecule has 1 amide bonds. The number of hydrogen-bond donors (Lipinski definition) is 0. The van der Waals surface area contributed by atoms with Crippen LogP contribution < -0.4 is 0 Å². The van der Waals surface area contributed by atoms with Gasteiger partial charge in [0.05, 0.1) is 24.9 Å². The highest BCUT2D eigenvalue weighted by atomic mass is 16.5. The van der Waals surface area contributed by atoms with Gasteiger partial charge in [0.1, 0.15) is 5.69 Å². The molecule has 116 valence electrons. The van der Waals surface area contributed by atoms with E-state index in [2.05, 4.69) is 17.0 Å². The van der Waals surface area contributed by atoms with Crippen molar-refractivity contribution in [2.45, 2.75) is 19.9 Å². The number of rotatable bonds is 1. The van der Waals surface area contributed by atoms with E-state index in [0.717, 1.165) is 43.2 Å². The number of carbonyl (C=O) groups is 1. The van der Waals surface area contributed by atoms with Gasteiger partial charge in [-0.25, -0.2) is 0 Å². The molecule has 6 heteroatoms. The summed E-state index contributed by atoms with van der Waals surface area (Å²) in [5.74, 6) is 0.490. The standard InChI is InChI=1S/C15H24N4O2/c1-10-11(2)16-18(4)14(10)15(20)19-6-12-5-17(3)13(7-19)9-21-8-12/h12-13H,5-9H2,1-4H3/t12-,13+/m1/s1. The van der Waals surface area contributed by atoms with Crippen LogP contribution in [0.3, 0.4) is 0 Å². The summed E-state index contributed by atoms with van der Waals surface area (Å²) in [6.45, 7) is 7.87. The Balaban J connectivity index is 1.88. The molecule has 2 aliphatic heterocycles. The number of aromatic nitrogens is 2. The zero-order chi connectivity index (χ0) is 15.1. The largest absolute Gasteiger partial charge is 0.379 e. The highest BCUT2D eigenvalue weighted by Crippen LogP contribution is 2.21. The fraction of sp³-hybridized carbons (Fsp3) is 0.733. The predicted molar refractivity (Wildman–Crippen MR) is 79.3 cm³/mol. The molecular formula is C15H24N4O2. The molecule has 3 heterocycles. The molecule has 2 fully saturated rings. The van der Waals surface area contributed by atoms with E-state index in [1.54, 1.807) is 4.68 Å². The topological polar surface area (TPSA) is 50.6 Å². The zero-order valence-corrected chi connectivity index (χ0v) is 13.3. The van der Waals surface area contributed by atoms with Gasteiger partial charge in [-0.1, -0.05) is 0 Å². The average molecular weight is 292 g/mol. The van der Waals surface area contributed by atoms with Gasteiger partial charge in [0.2, 0.25) is 0 Å². The highest BCUT2D eigenvalue weighted by molar-refractivity contribution is 5.94. The smallest absolute Gasteiger partial charge is 0.272 e. The number of hydrogen-bond acceptors (Lipinski definition) is 4. The molecule has 1 aromatic heterocycles. The van der Waals surface area contributed by atoms with Crippen molar-refractivity contribution < 1.29 is 9.53 Å². The third kappa shape index (κ3) is 2.58. The first-order chi connectivity index (χ1) is 9.97. The number of aryl methyl sites for hydroxylation is 2. The Hall–Kier alpha value is -1.40.